The van der Waals surface area contributed by atoms with Crippen LogP contribution in [0.5, 0.6) is 5.75 Å². The molecule has 1 saturated carbocycles. The summed E-state index contributed by atoms with van der Waals surface area (Å²) >= 11 is 0. The van der Waals surface area contributed by atoms with Crippen molar-refractivity contribution in [1.29, 1.82) is 0 Å². The number of carboxylic acid groups (broad SMARTS) is 1. The van der Waals surface area contributed by atoms with Crippen molar-refractivity contribution in [2.75, 3.05) is 7.11 Å². The Morgan fingerprint density at radius 3 is 2.75 bits per heavy atom. The highest BCUT2D eigenvalue weighted by Crippen LogP contribution is 2.53. The zero-order chi connectivity index (χ0) is 11.8. The number of aliphatic carboxylic acids is 1. The lowest BCUT2D eigenvalue weighted by molar-refractivity contribution is -0.137. The second-order valence-electron chi connectivity index (χ2n) is 4.20. The van der Waals surface area contributed by atoms with Crippen molar-refractivity contribution in [2.45, 2.75) is 24.7 Å². The minimum atomic E-state index is -0.830. The minimum absolute atomic E-state index is 0.0784. The van der Waals surface area contributed by atoms with Gasteiger partial charge in [-0.3, -0.25) is 4.79 Å². The predicted octanol–water partition coefficient (Wildman–Crippen LogP) is 2.34. The molecule has 0 amide bonds. The van der Waals surface area contributed by atoms with E-state index in [9.17, 15) is 9.18 Å². The summed E-state index contributed by atoms with van der Waals surface area (Å²) < 4.78 is 18.1. The summed E-state index contributed by atoms with van der Waals surface area (Å²) in [6.45, 7) is 0. The van der Waals surface area contributed by atoms with E-state index >= 15 is 0 Å². The standard InChI is InChI=1S/C12H13FO3/c1-16-10-6-8(13)2-3-9(10)12(4-5-12)7-11(14)15/h2-3,6H,4-5,7H2,1H3,(H,14,15). The van der Waals surface area contributed by atoms with Crippen LogP contribution in [0.1, 0.15) is 24.8 Å². The van der Waals surface area contributed by atoms with Gasteiger partial charge in [0.25, 0.3) is 0 Å². The normalized spacial score (nSPS) is 16.9. The molecule has 3 nitrogen and oxygen atoms in total. The first-order valence-corrected chi connectivity index (χ1v) is 5.13. The highest BCUT2D eigenvalue weighted by atomic mass is 19.1. The van der Waals surface area contributed by atoms with Crippen LogP contribution in [0, 0.1) is 5.82 Å². The smallest absolute Gasteiger partial charge is 0.304 e. The lowest BCUT2D eigenvalue weighted by Gasteiger charge is -2.16. The van der Waals surface area contributed by atoms with Crippen molar-refractivity contribution in [2.24, 2.45) is 0 Å². The van der Waals surface area contributed by atoms with Gasteiger partial charge < -0.3 is 9.84 Å². The number of methoxy groups -OCH3 is 1. The van der Waals surface area contributed by atoms with E-state index in [0.717, 1.165) is 18.4 Å². The number of benzene rings is 1. The zero-order valence-corrected chi connectivity index (χ0v) is 9.00. The molecule has 1 aliphatic rings. The van der Waals surface area contributed by atoms with E-state index in [-0.39, 0.29) is 17.7 Å². The van der Waals surface area contributed by atoms with Gasteiger partial charge in [0.1, 0.15) is 11.6 Å². The summed E-state index contributed by atoms with van der Waals surface area (Å²) in [4.78, 5) is 10.8. The van der Waals surface area contributed by atoms with E-state index < -0.39 is 5.97 Å². The molecule has 1 fully saturated rings. The van der Waals surface area contributed by atoms with Crippen molar-refractivity contribution >= 4 is 5.97 Å². The van der Waals surface area contributed by atoms with Gasteiger partial charge in [0.15, 0.2) is 0 Å². The monoisotopic (exact) mass is 224 g/mol. The molecule has 4 heteroatoms. The summed E-state index contributed by atoms with van der Waals surface area (Å²) in [5.74, 6) is -0.755. The Morgan fingerprint density at radius 1 is 1.56 bits per heavy atom. The highest BCUT2D eigenvalue weighted by Gasteiger charge is 2.47. The maximum atomic E-state index is 13.0. The van der Waals surface area contributed by atoms with Crippen LogP contribution < -0.4 is 4.74 Å². The van der Waals surface area contributed by atoms with Gasteiger partial charge in [-0.1, -0.05) is 6.07 Å². The Balaban J connectivity index is 2.36. The minimum Gasteiger partial charge on any atom is -0.496 e. The Bertz CT molecular complexity index is 424. The first-order chi connectivity index (χ1) is 7.57. The van der Waals surface area contributed by atoms with Crippen LogP contribution in [-0.4, -0.2) is 18.2 Å². The van der Waals surface area contributed by atoms with E-state index in [1.54, 1.807) is 6.07 Å². The van der Waals surface area contributed by atoms with E-state index in [4.69, 9.17) is 9.84 Å². The average molecular weight is 224 g/mol. The topological polar surface area (TPSA) is 46.5 Å². The molecule has 2 rings (SSSR count). The molecule has 0 aromatic heterocycles. The maximum absolute atomic E-state index is 13.0. The Kier molecular flexibility index (Phi) is 2.58. The molecule has 0 atom stereocenters. The molecular formula is C12H13FO3. The third-order valence-corrected chi connectivity index (χ3v) is 3.08. The largest absolute Gasteiger partial charge is 0.496 e. The zero-order valence-electron chi connectivity index (χ0n) is 9.00. The fourth-order valence-corrected chi connectivity index (χ4v) is 2.08. The third kappa shape index (κ3) is 1.87. The van der Waals surface area contributed by atoms with Gasteiger partial charge in [-0.25, -0.2) is 4.39 Å². The summed E-state index contributed by atoms with van der Waals surface area (Å²) in [6.07, 6.45) is 1.72. The molecule has 1 aromatic rings. The molecule has 0 aliphatic heterocycles. The van der Waals surface area contributed by atoms with Gasteiger partial charge in [0.05, 0.1) is 13.5 Å². The van der Waals surface area contributed by atoms with Crippen LogP contribution in [0.4, 0.5) is 4.39 Å². The summed E-state index contributed by atoms with van der Waals surface area (Å²) in [5, 5.41) is 8.85. The van der Waals surface area contributed by atoms with E-state index in [1.807, 2.05) is 0 Å². The molecule has 1 N–H and O–H groups in total. The molecule has 16 heavy (non-hydrogen) atoms. The first-order valence-electron chi connectivity index (χ1n) is 5.13. The van der Waals surface area contributed by atoms with Gasteiger partial charge in [-0.05, 0) is 18.9 Å². The van der Waals surface area contributed by atoms with Crippen LogP contribution in [-0.2, 0) is 10.2 Å². The molecule has 1 aliphatic carbocycles. The van der Waals surface area contributed by atoms with Crippen LogP contribution >= 0.6 is 0 Å². The van der Waals surface area contributed by atoms with Gasteiger partial charge >= 0.3 is 5.97 Å². The molecule has 0 unspecified atom stereocenters. The van der Waals surface area contributed by atoms with Gasteiger partial charge in [-0.15, -0.1) is 0 Å². The van der Waals surface area contributed by atoms with Gasteiger partial charge in [0, 0.05) is 17.0 Å². The number of halogens is 1. The van der Waals surface area contributed by atoms with Gasteiger partial charge in [-0.2, -0.15) is 0 Å². The van der Waals surface area contributed by atoms with E-state index in [0.29, 0.717) is 5.75 Å². The molecule has 0 bridgehead atoms. The second-order valence-corrected chi connectivity index (χ2v) is 4.20. The van der Waals surface area contributed by atoms with Crippen LogP contribution in [0.25, 0.3) is 0 Å². The maximum Gasteiger partial charge on any atom is 0.304 e. The number of carboxylic acids is 1. The SMILES string of the molecule is COc1cc(F)ccc1C1(CC(=O)O)CC1. The fraction of sp³-hybridized carbons (Fsp3) is 0.417. The van der Waals surface area contributed by atoms with E-state index in [1.165, 1.54) is 19.2 Å². The van der Waals surface area contributed by atoms with Crippen LogP contribution in [0.15, 0.2) is 18.2 Å². The first kappa shape index (κ1) is 10.9. The molecular weight excluding hydrogens is 211 g/mol. The van der Waals surface area contributed by atoms with Crippen molar-refractivity contribution in [3.8, 4) is 5.75 Å². The lowest BCUT2D eigenvalue weighted by atomic mass is 9.91. The number of hydrogen-bond acceptors (Lipinski definition) is 2. The Labute approximate surface area is 92.9 Å². The molecule has 0 heterocycles. The molecule has 1 aromatic carbocycles. The molecule has 0 saturated heterocycles. The number of hydrogen-bond donors (Lipinski definition) is 1. The van der Waals surface area contributed by atoms with Crippen molar-refractivity contribution in [3.63, 3.8) is 0 Å². The third-order valence-electron chi connectivity index (χ3n) is 3.08. The summed E-state index contributed by atoms with van der Waals surface area (Å²) in [7, 11) is 1.47. The van der Waals surface area contributed by atoms with Crippen LogP contribution in [0.2, 0.25) is 0 Å². The summed E-state index contributed by atoms with van der Waals surface area (Å²) in [6, 6.07) is 4.28. The quantitative estimate of drug-likeness (QED) is 0.853. The average Bonchev–Trinajstić information content (AvgIpc) is 2.97. The highest BCUT2D eigenvalue weighted by molar-refractivity contribution is 5.70. The Morgan fingerprint density at radius 2 is 2.25 bits per heavy atom. The van der Waals surface area contributed by atoms with Crippen molar-refractivity contribution < 1.29 is 19.0 Å². The van der Waals surface area contributed by atoms with Crippen LogP contribution in [0.3, 0.4) is 0 Å². The van der Waals surface area contributed by atoms with Gasteiger partial charge in [0.2, 0.25) is 0 Å². The van der Waals surface area contributed by atoms with Crippen molar-refractivity contribution in [1.82, 2.24) is 0 Å². The number of carbonyl (C=O) groups is 1. The molecule has 0 spiro atoms. The number of ether oxygens (including phenoxy) is 1. The Hall–Kier alpha value is -1.58. The van der Waals surface area contributed by atoms with E-state index in [2.05, 4.69) is 0 Å². The fourth-order valence-electron chi connectivity index (χ4n) is 2.08. The number of rotatable bonds is 4. The lowest BCUT2D eigenvalue weighted by Crippen LogP contribution is -2.14. The molecule has 86 valence electrons. The molecule has 0 radical (unpaired) electrons. The van der Waals surface area contributed by atoms with Crippen molar-refractivity contribution in [3.05, 3.63) is 29.6 Å². The summed E-state index contributed by atoms with van der Waals surface area (Å²) in [5.41, 5.74) is 0.462. The predicted molar refractivity (Wildman–Crippen MR) is 56.1 cm³/mol. The second kappa shape index (κ2) is 3.77.